The van der Waals surface area contributed by atoms with Crippen LogP contribution >= 0.6 is 11.8 Å². The summed E-state index contributed by atoms with van der Waals surface area (Å²) in [5.41, 5.74) is 3.12. The molecule has 2 aromatic carbocycles. The lowest BCUT2D eigenvalue weighted by Gasteiger charge is -2.19. The van der Waals surface area contributed by atoms with E-state index in [1.54, 1.807) is 0 Å². The maximum absolute atomic E-state index is 12.7. The number of aromatic amines is 1. The summed E-state index contributed by atoms with van der Waals surface area (Å²) in [5, 5.41) is 6.22. The largest absolute Gasteiger partial charge is 0.445 e. The Bertz CT molecular complexity index is 972. The third kappa shape index (κ3) is 6.29. The Morgan fingerprint density at radius 2 is 1.80 bits per heavy atom. The van der Waals surface area contributed by atoms with E-state index in [1.807, 2.05) is 68.6 Å². The van der Waals surface area contributed by atoms with Gasteiger partial charge >= 0.3 is 6.09 Å². The maximum Gasteiger partial charge on any atom is 0.408 e. The van der Waals surface area contributed by atoms with Gasteiger partial charge < -0.3 is 20.4 Å². The fraction of sp³-hybridized carbons (Fsp3) is 0.304. The zero-order valence-electron chi connectivity index (χ0n) is 17.2. The van der Waals surface area contributed by atoms with Crippen LogP contribution in [0.1, 0.15) is 25.0 Å². The molecule has 0 bridgehead atoms. The number of alkyl carbamates (subject to hydrolysis) is 1. The summed E-state index contributed by atoms with van der Waals surface area (Å²) in [7, 11) is 0. The number of rotatable bonds is 9. The Morgan fingerprint density at radius 1 is 1.07 bits per heavy atom. The topological polar surface area (TPSA) is 83.2 Å². The molecule has 0 aliphatic rings. The molecule has 0 aliphatic carbocycles. The summed E-state index contributed by atoms with van der Waals surface area (Å²) in [5.74, 6) is -0.231. The van der Waals surface area contributed by atoms with E-state index in [1.165, 1.54) is 11.8 Å². The number of para-hydroxylation sites is 1. The summed E-state index contributed by atoms with van der Waals surface area (Å²) in [4.78, 5) is 28.1. The highest BCUT2D eigenvalue weighted by Crippen LogP contribution is 2.18. The summed E-state index contributed by atoms with van der Waals surface area (Å²) in [6, 6.07) is 17.5. The van der Waals surface area contributed by atoms with Crippen LogP contribution in [-0.4, -0.2) is 34.2 Å². The van der Waals surface area contributed by atoms with E-state index in [2.05, 4.69) is 21.7 Å². The number of carbonyl (C=O) groups is 2. The minimum atomic E-state index is -0.712. The predicted octanol–water partition coefficient (Wildman–Crippen LogP) is 4.22. The summed E-state index contributed by atoms with van der Waals surface area (Å²) >= 11 is 1.38. The van der Waals surface area contributed by atoms with Crippen molar-refractivity contribution in [3.8, 4) is 0 Å². The van der Waals surface area contributed by atoms with Crippen molar-refractivity contribution in [2.75, 3.05) is 6.54 Å². The number of ether oxygens (including phenoxy) is 1. The number of hydrogen-bond acceptors (Lipinski definition) is 4. The van der Waals surface area contributed by atoms with Crippen molar-refractivity contribution in [1.29, 1.82) is 0 Å². The Balaban J connectivity index is 1.50. The second kappa shape index (κ2) is 10.7. The van der Waals surface area contributed by atoms with Crippen molar-refractivity contribution in [2.45, 2.75) is 37.5 Å². The fourth-order valence-electron chi connectivity index (χ4n) is 3.06. The number of benzene rings is 2. The monoisotopic (exact) mass is 425 g/mol. The molecule has 3 rings (SSSR count). The van der Waals surface area contributed by atoms with E-state index in [4.69, 9.17) is 4.74 Å². The van der Waals surface area contributed by atoms with E-state index < -0.39 is 11.5 Å². The number of nitrogens with one attached hydrogen (secondary N) is 3. The number of H-pyrrole nitrogens is 1. The van der Waals surface area contributed by atoms with Crippen LogP contribution in [0.15, 0.2) is 60.8 Å². The minimum absolute atomic E-state index is 0.161. The van der Waals surface area contributed by atoms with Gasteiger partial charge in [-0.05, 0) is 23.6 Å². The van der Waals surface area contributed by atoms with E-state index >= 15 is 0 Å². The second-order valence-corrected chi connectivity index (χ2v) is 8.86. The van der Waals surface area contributed by atoms with Crippen LogP contribution in [0.4, 0.5) is 4.79 Å². The predicted molar refractivity (Wildman–Crippen MR) is 121 cm³/mol. The van der Waals surface area contributed by atoms with Crippen molar-refractivity contribution in [3.63, 3.8) is 0 Å². The van der Waals surface area contributed by atoms with Crippen LogP contribution in [0.2, 0.25) is 0 Å². The summed E-state index contributed by atoms with van der Waals surface area (Å²) in [6.45, 7) is 4.60. The molecule has 0 saturated carbocycles. The van der Waals surface area contributed by atoms with Gasteiger partial charge in [-0.15, -0.1) is 11.8 Å². The number of amides is 2. The average molecular weight is 426 g/mol. The van der Waals surface area contributed by atoms with Gasteiger partial charge in [-0.25, -0.2) is 4.79 Å². The molecule has 3 N–H and O–H groups in total. The van der Waals surface area contributed by atoms with Crippen LogP contribution in [-0.2, 0) is 22.6 Å². The molecule has 0 aliphatic heterocycles. The first kappa shape index (κ1) is 21.8. The van der Waals surface area contributed by atoms with Gasteiger partial charge in [-0.3, -0.25) is 4.79 Å². The van der Waals surface area contributed by atoms with Crippen molar-refractivity contribution in [3.05, 3.63) is 71.9 Å². The van der Waals surface area contributed by atoms with Crippen LogP contribution in [0, 0.1) is 0 Å². The highest BCUT2D eigenvalue weighted by Gasteiger charge is 2.23. The van der Waals surface area contributed by atoms with Crippen molar-refractivity contribution in [1.82, 2.24) is 15.6 Å². The zero-order chi connectivity index (χ0) is 21.3. The molecule has 0 saturated heterocycles. The average Bonchev–Trinajstić information content (AvgIpc) is 3.15. The van der Waals surface area contributed by atoms with Crippen LogP contribution < -0.4 is 10.6 Å². The Hall–Kier alpha value is -2.93. The lowest BCUT2D eigenvalue weighted by molar-refractivity contribution is -0.121. The lowest BCUT2D eigenvalue weighted by atomic mass is 10.1. The highest BCUT2D eigenvalue weighted by molar-refractivity contribution is 8.01. The Morgan fingerprint density at radius 3 is 2.57 bits per heavy atom. The van der Waals surface area contributed by atoms with Gasteiger partial charge in [0, 0.05) is 28.9 Å². The van der Waals surface area contributed by atoms with Crippen LogP contribution in [0.5, 0.6) is 0 Å². The lowest BCUT2D eigenvalue weighted by Crippen LogP contribution is -2.46. The van der Waals surface area contributed by atoms with Gasteiger partial charge in [-0.1, -0.05) is 62.4 Å². The smallest absolute Gasteiger partial charge is 0.408 e. The van der Waals surface area contributed by atoms with E-state index in [9.17, 15) is 9.59 Å². The molecule has 6 nitrogen and oxygen atoms in total. The molecule has 3 aromatic rings. The van der Waals surface area contributed by atoms with Crippen LogP contribution in [0.3, 0.4) is 0 Å². The maximum atomic E-state index is 12.7. The second-order valence-electron chi connectivity index (χ2n) is 7.17. The van der Waals surface area contributed by atoms with Gasteiger partial charge in [0.25, 0.3) is 5.91 Å². The van der Waals surface area contributed by atoms with Crippen molar-refractivity contribution in [2.24, 2.45) is 0 Å². The summed E-state index contributed by atoms with van der Waals surface area (Å²) < 4.78 is 5.25. The number of aromatic nitrogens is 1. The van der Waals surface area contributed by atoms with Gasteiger partial charge in [0.2, 0.25) is 0 Å². The molecule has 1 unspecified atom stereocenters. The number of thioether (sulfide) groups is 1. The Labute approximate surface area is 180 Å². The SMILES string of the molecule is CC(C)SC(NC(=O)OCc1ccccc1)C(=O)NCCc1c[nH]c2ccccc12. The first-order valence-corrected chi connectivity index (χ1v) is 10.9. The zero-order valence-corrected chi connectivity index (χ0v) is 18.0. The fourth-order valence-corrected chi connectivity index (χ4v) is 3.97. The molecule has 7 heteroatoms. The number of fused-ring (bicyclic) bond motifs is 1. The van der Waals surface area contributed by atoms with Crippen LogP contribution in [0.25, 0.3) is 10.9 Å². The third-order valence-corrected chi connectivity index (χ3v) is 5.62. The first-order valence-electron chi connectivity index (χ1n) is 9.98. The molecule has 30 heavy (non-hydrogen) atoms. The number of carbonyl (C=O) groups excluding carboxylic acids is 2. The molecule has 158 valence electrons. The first-order chi connectivity index (χ1) is 14.5. The molecule has 1 aromatic heterocycles. The normalized spacial score (nSPS) is 12.0. The molecular formula is C23H27N3O3S. The molecule has 0 spiro atoms. The van der Waals surface area contributed by atoms with Gasteiger partial charge in [0.1, 0.15) is 6.61 Å². The minimum Gasteiger partial charge on any atom is -0.445 e. The molecular weight excluding hydrogens is 398 g/mol. The van der Waals surface area contributed by atoms with E-state index in [0.29, 0.717) is 13.0 Å². The van der Waals surface area contributed by atoms with Gasteiger partial charge in [-0.2, -0.15) is 0 Å². The standard InChI is InChI=1S/C23H27N3O3S/c1-16(2)30-22(26-23(28)29-15-17-8-4-3-5-9-17)21(27)24-13-12-18-14-25-20-11-7-6-10-19(18)20/h3-11,14,16,22,25H,12-13,15H2,1-2H3,(H,24,27)(H,26,28). The van der Waals surface area contributed by atoms with Crippen molar-refractivity contribution < 1.29 is 14.3 Å². The van der Waals surface area contributed by atoms with E-state index in [0.717, 1.165) is 22.0 Å². The molecule has 2 amide bonds. The highest BCUT2D eigenvalue weighted by atomic mass is 32.2. The summed E-state index contributed by atoms with van der Waals surface area (Å²) in [6.07, 6.45) is 2.06. The molecule has 1 atom stereocenters. The third-order valence-electron chi connectivity index (χ3n) is 4.48. The molecule has 0 radical (unpaired) electrons. The van der Waals surface area contributed by atoms with Gasteiger partial charge in [0.15, 0.2) is 5.37 Å². The number of hydrogen-bond donors (Lipinski definition) is 3. The van der Waals surface area contributed by atoms with E-state index in [-0.39, 0.29) is 17.8 Å². The molecule has 1 heterocycles. The van der Waals surface area contributed by atoms with Gasteiger partial charge in [0.05, 0.1) is 0 Å². The van der Waals surface area contributed by atoms with Crippen molar-refractivity contribution >= 4 is 34.7 Å². The molecule has 0 fully saturated rings. The quantitative estimate of drug-likeness (QED) is 0.448. The Kier molecular flexibility index (Phi) is 7.79.